The maximum Gasteiger partial charge on any atom is 0.0294 e. The van der Waals surface area contributed by atoms with E-state index in [0.29, 0.717) is 12.0 Å². The quantitative estimate of drug-likeness (QED) is 0.781. The van der Waals surface area contributed by atoms with Gasteiger partial charge in [-0.2, -0.15) is 0 Å². The summed E-state index contributed by atoms with van der Waals surface area (Å²) in [5.74, 6) is 0.716. The molecule has 0 saturated carbocycles. The number of rotatable bonds is 6. The molecule has 0 spiro atoms. The molecule has 112 valence electrons. The van der Waals surface area contributed by atoms with Crippen LogP contribution < -0.4 is 5.32 Å². The molecule has 0 aromatic heterocycles. The van der Waals surface area contributed by atoms with Crippen molar-refractivity contribution >= 4 is 0 Å². The molecule has 2 aromatic carbocycles. The van der Waals surface area contributed by atoms with Crippen LogP contribution in [-0.2, 0) is 13.0 Å². The van der Waals surface area contributed by atoms with Crippen LogP contribution in [0.3, 0.4) is 0 Å². The van der Waals surface area contributed by atoms with Gasteiger partial charge in [-0.3, -0.25) is 0 Å². The lowest BCUT2D eigenvalue weighted by molar-refractivity contribution is 0.574. The summed E-state index contributed by atoms with van der Waals surface area (Å²) < 4.78 is 0. The number of hydrogen-bond acceptors (Lipinski definition) is 1. The zero-order valence-corrected chi connectivity index (χ0v) is 13.7. The fourth-order valence-corrected chi connectivity index (χ4v) is 2.51. The third-order valence-electron chi connectivity index (χ3n) is 3.86. The first-order valence-electron chi connectivity index (χ1n) is 7.92. The van der Waals surface area contributed by atoms with Crippen LogP contribution in [-0.4, -0.2) is 0 Å². The van der Waals surface area contributed by atoms with E-state index in [1.165, 1.54) is 22.3 Å². The summed E-state index contributed by atoms with van der Waals surface area (Å²) in [6, 6.07) is 18.1. The summed E-state index contributed by atoms with van der Waals surface area (Å²) in [5.41, 5.74) is 5.44. The van der Waals surface area contributed by atoms with E-state index >= 15 is 0 Å². The summed E-state index contributed by atoms with van der Waals surface area (Å²) in [6.45, 7) is 9.79. The highest BCUT2D eigenvalue weighted by Crippen LogP contribution is 2.16. The standard InChI is InChI=1S/C20H27N/c1-15(2)13-18-9-11-20(12-10-18)17(4)21-14-19-7-5-16(3)6-8-19/h5-12,15,17,21H,13-14H2,1-4H3. The normalized spacial score (nSPS) is 12.6. The topological polar surface area (TPSA) is 12.0 Å². The average Bonchev–Trinajstić information content (AvgIpc) is 2.46. The maximum absolute atomic E-state index is 3.59. The molecule has 0 aliphatic rings. The number of hydrogen-bond donors (Lipinski definition) is 1. The highest BCUT2D eigenvalue weighted by atomic mass is 14.9. The molecule has 0 amide bonds. The third kappa shape index (κ3) is 5.02. The van der Waals surface area contributed by atoms with Gasteiger partial charge in [-0.05, 0) is 42.9 Å². The lowest BCUT2D eigenvalue weighted by atomic mass is 10.00. The largest absolute Gasteiger partial charge is 0.306 e. The van der Waals surface area contributed by atoms with Gasteiger partial charge in [0.2, 0.25) is 0 Å². The Balaban J connectivity index is 1.90. The third-order valence-corrected chi connectivity index (χ3v) is 3.86. The van der Waals surface area contributed by atoms with E-state index in [1.54, 1.807) is 0 Å². The SMILES string of the molecule is Cc1ccc(CNC(C)c2ccc(CC(C)C)cc2)cc1. The molecule has 0 heterocycles. The van der Waals surface area contributed by atoms with Gasteiger partial charge in [0.15, 0.2) is 0 Å². The Morgan fingerprint density at radius 1 is 0.810 bits per heavy atom. The molecule has 2 rings (SSSR count). The molecular formula is C20H27N. The fraction of sp³-hybridized carbons (Fsp3) is 0.400. The van der Waals surface area contributed by atoms with Crippen molar-refractivity contribution in [2.24, 2.45) is 5.92 Å². The lowest BCUT2D eigenvalue weighted by Gasteiger charge is -2.15. The first kappa shape index (κ1) is 15.8. The predicted octanol–water partition coefficient (Wildman–Crippen LogP) is 5.04. The molecule has 2 aromatic rings. The molecule has 1 N–H and O–H groups in total. The van der Waals surface area contributed by atoms with Crippen molar-refractivity contribution in [3.8, 4) is 0 Å². The summed E-state index contributed by atoms with van der Waals surface area (Å²) in [7, 11) is 0. The van der Waals surface area contributed by atoms with E-state index in [4.69, 9.17) is 0 Å². The Bertz CT molecular complexity index is 537. The van der Waals surface area contributed by atoms with Gasteiger partial charge in [0.25, 0.3) is 0 Å². The van der Waals surface area contributed by atoms with Crippen molar-refractivity contribution in [3.05, 3.63) is 70.8 Å². The maximum atomic E-state index is 3.59. The monoisotopic (exact) mass is 281 g/mol. The van der Waals surface area contributed by atoms with E-state index in [0.717, 1.165) is 13.0 Å². The second-order valence-electron chi connectivity index (χ2n) is 6.43. The average molecular weight is 281 g/mol. The van der Waals surface area contributed by atoms with Crippen LogP contribution >= 0.6 is 0 Å². The first-order chi connectivity index (χ1) is 10.0. The Kier molecular flexibility index (Phi) is 5.58. The molecule has 0 radical (unpaired) electrons. The number of nitrogens with one attached hydrogen (secondary N) is 1. The van der Waals surface area contributed by atoms with Crippen molar-refractivity contribution < 1.29 is 0 Å². The highest BCUT2D eigenvalue weighted by Gasteiger charge is 2.05. The predicted molar refractivity (Wildman–Crippen MR) is 91.4 cm³/mol. The van der Waals surface area contributed by atoms with Crippen LogP contribution in [0.5, 0.6) is 0 Å². The minimum atomic E-state index is 0.374. The molecule has 0 saturated heterocycles. The van der Waals surface area contributed by atoms with Gasteiger partial charge >= 0.3 is 0 Å². The molecule has 0 fully saturated rings. The molecule has 0 aliphatic carbocycles. The van der Waals surface area contributed by atoms with Crippen LogP contribution in [0.15, 0.2) is 48.5 Å². The van der Waals surface area contributed by atoms with Crippen LogP contribution in [0.1, 0.15) is 49.1 Å². The van der Waals surface area contributed by atoms with Crippen molar-refractivity contribution in [2.45, 2.75) is 46.7 Å². The van der Waals surface area contributed by atoms with E-state index in [-0.39, 0.29) is 0 Å². The van der Waals surface area contributed by atoms with E-state index in [9.17, 15) is 0 Å². The van der Waals surface area contributed by atoms with E-state index in [2.05, 4.69) is 81.5 Å². The molecule has 0 aliphatic heterocycles. The molecule has 1 nitrogen and oxygen atoms in total. The summed E-state index contributed by atoms with van der Waals surface area (Å²) in [4.78, 5) is 0. The molecule has 0 bridgehead atoms. The van der Waals surface area contributed by atoms with Crippen molar-refractivity contribution in [1.29, 1.82) is 0 Å². The summed E-state index contributed by atoms with van der Waals surface area (Å²) in [6.07, 6.45) is 1.16. The Labute approximate surface area is 129 Å². The first-order valence-corrected chi connectivity index (χ1v) is 7.92. The van der Waals surface area contributed by atoms with Gasteiger partial charge < -0.3 is 5.32 Å². The minimum Gasteiger partial charge on any atom is -0.306 e. The second kappa shape index (κ2) is 7.42. The van der Waals surface area contributed by atoms with Gasteiger partial charge in [0, 0.05) is 12.6 Å². The molecular weight excluding hydrogens is 254 g/mol. The van der Waals surface area contributed by atoms with Gasteiger partial charge in [-0.15, -0.1) is 0 Å². The highest BCUT2D eigenvalue weighted by molar-refractivity contribution is 5.26. The Hall–Kier alpha value is -1.60. The van der Waals surface area contributed by atoms with E-state index < -0.39 is 0 Å². The lowest BCUT2D eigenvalue weighted by Crippen LogP contribution is -2.18. The Morgan fingerprint density at radius 2 is 1.38 bits per heavy atom. The summed E-state index contributed by atoms with van der Waals surface area (Å²) >= 11 is 0. The summed E-state index contributed by atoms with van der Waals surface area (Å²) in [5, 5.41) is 3.59. The van der Waals surface area contributed by atoms with Crippen LogP contribution in [0.4, 0.5) is 0 Å². The number of benzene rings is 2. The van der Waals surface area contributed by atoms with Crippen molar-refractivity contribution in [3.63, 3.8) is 0 Å². The van der Waals surface area contributed by atoms with Crippen molar-refractivity contribution in [1.82, 2.24) is 5.32 Å². The Morgan fingerprint density at radius 3 is 1.95 bits per heavy atom. The van der Waals surface area contributed by atoms with Crippen LogP contribution in [0.25, 0.3) is 0 Å². The molecule has 21 heavy (non-hydrogen) atoms. The molecule has 1 atom stereocenters. The minimum absolute atomic E-state index is 0.374. The van der Waals surface area contributed by atoms with Gasteiger partial charge in [-0.25, -0.2) is 0 Å². The van der Waals surface area contributed by atoms with Crippen LogP contribution in [0, 0.1) is 12.8 Å². The molecule has 1 heteroatoms. The van der Waals surface area contributed by atoms with Gasteiger partial charge in [0.1, 0.15) is 0 Å². The smallest absolute Gasteiger partial charge is 0.0294 e. The zero-order valence-electron chi connectivity index (χ0n) is 13.7. The van der Waals surface area contributed by atoms with Gasteiger partial charge in [0.05, 0.1) is 0 Å². The van der Waals surface area contributed by atoms with Crippen LogP contribution in [0.2, 0.25) is 0 Å². The molecule has 1 unspecified atom stereocenters. The van der Waals surface area contributed by atoms with Crippen molar-refractivity contribution in [2.75, 3.05) is 0 Å². The second-order valence-corrected chi connectivity index (χ2v) is 6.43. The number of aryl methyl sites for hydroxylation is 1. The fourth-order valence-electron chi connectivity index (χ4n) is 2.51. The van der Waals surface area contributed by atoms with Gasteiger partial charge in [-0.1, -0.05) is 67.9 Å². The van der Waals surface area contributed by atoms with E-state index in [1.807, 2.05) is 0 Å². The zero-order chi connectivity index (χ0) is 15.2.